The monoisotopic (exact) mass is 518 g/mol. The van der Waals surface area contributed by atoms with Crippen molar-refractivity contribution in [2.45, 2.75) is 46.2 Å². The van der Waals surface area contributed by atoms with E-state index >= 15 is 0 Å². The summed E-state index contributed by atoms with van der Waals surface area (Å²) in [6, 6.07) is 5.79. The van der Waals surface area contributed by atoms with Gasteiger partial charge in [0.2, 0.25) is 10.0 Å². The standard InChI is InChI=1S/C26H35ClN4O3S/c1-20(2)6-4-7-21-18-22(8-9-24(21)27)26-23-19-30(35(3,32)33)13-10-25(23)31(28-26)12-5-11-29-14-16-34-17-15-29/h8-9,18,20H,5-6,10-17,19H2,1-3H3. The topological polar surface area (TPSA) is 67.7 Å². The third-order valence-electron chi connectivity index (χ3n) is 6.49. The number of morpholine rings is 1. The molecular weight excluding hydrogens is 484 g/mol. The Morgan fingerprint density at radius 3 is 2.66 bits per heavy atom. The van der Waals surface area contributed by atoms with Crippen molar-refractivity contribution in [3.8, 4) is 23.1 Å². The Hall–Kier alpha value is -1.89. The molecule has 0 aliphatic carbocycles. The second-order valence-corrected chi connectivity index (χ2v) is 12.1. The fraction of sp³-hybridized carbons (Fsp3) is 0.577. The van der Waals surface area contributed by atoms with Gasteiger partial charge in [0, 0.05) is 74.5 Å². The van der Waals surface area contributed by atoms with E-state index in [1.54, 1.807) is 0 Å². The molecule has 0 N–H and O–H groups in total. The molecule has 1 aromatic carbocycles. The van der Waals surface area contributed by atoms with Crippen LogP contribution in [0.1, 0.15) is 43.5 Å². The first-order valence-corrected chi connectivity index (χ1v) is 14.6. The van der Waals surface area contributed by atoms with Crippen molar-refractivity contribution < 1.29 is 13.2 Å². The first-order valence-electron chi connectivity index (χ1n) is 12.3. The second kappa shape index (κ2) is 11.4. The van der Waals surface area contributed by atoms with E-state index < -0.39 is 10.0 Å². The molecule has 3 heterocycles. The maximum Gasteiger partial charge on any atom is 0.211 e. The molecule has 1 saturated heterocycles. The van der Waals surface area contributed by atoms with E-state index in [0.29, 0.717) is 30.5 Å². The Bertz CT molecular complexity index is 1210. The van der Waals surface area contributed by atoms with Crippen LogP contribution in [0.25, 0.3) is 11.3 Å². The molecule has 9 heteroatoms. The number of fused-ring (bicyclic) bond motifs is 1. The first kappa shape index (κ1) is 26.2. The summed E-state index contributed by atoms with van der Waals surface area (Å²) in [6.45, 7) is 10.4. The van der Waals surface area contributed by atoms with Crippen molar-refractivity contribution in [2.24, 2.45) is 5.92 Å². The highest BCUT2D eigenvalue weighted by atomic mass is 35.5. The Balaban J connectivity index is 1.63. The molecule has 2 aliphatic heterocycles. The molecule has 1 aromatic heterocycles. The Kier molecular flexibility index (Phi) is 8.56. The maximum atomic E-state index is 12.3. The molecule has 0 amide bonds. The normalized spacial score (nSPS) is 17.3. The summed E-state index contributed by atoms with van der Waals surface area (Å²) in [6.07, 6.45) is 3.71. The summed E-state index contributed by atoms with van der Waals surface area (Å²) < 4.78 is 33.7. The number of aryl methyl sites for hydroxylation is 1. The zero-order valence-electron chi connectivity index (χ0n) is 20.9. The van der Waals surface area contributed by atoms with E-state index in [-0.39, 0.29) is 0 Å². The minimum absolute atomic E-state index is 0.337. The first-order chi connectivity index (χ1) is 16.7. The Labute approximate surface area is 214 Å². The molecule has 0 spiro atoms. The lowest BCUT2D eigenvalue weighted by Crippen LogP contribution is -2.37. The third-order valence-corrected chi connectivity index (χ3v) is 8.07. The average Bonchev–Trinajstić information content (AvgIpc) is 3.18. The minimum Gasteiger partial charge on any atom is -0.379 e. The fourth-order valence-electron chi connectivity index (χ4n) is 4.55. The van der Waals surface area contributed by atoms with Gasteiger partial charge in [0.05, 0.1) is 30.2 Å². The Morgan fingerprint density at radius 1 is 1.17 bits per heavy atom. The van der Waals surface area contributed by atoms with Crippen molar-refractivity contribution in [3.63, 3.8) is 0 Å². The van der Waals surface area contributed by atoms with E-state index in [9.17, 15) is 8.42 Å². The predicted molar refractivity (Wildman–Crippen MR) is 140 cm³/mol. The molecular formula is C26H35ClN4O3S. The van der Waals surface area contributed by atoms with Gasteiger partial charge in [-0.1, -0.05) is 43.4 Å². The zero-order chi connectivity index (χ0) is 25.0. The molecule has 0 saturated carbocycles. The van der Waals surface area contributed by atoms with E-state index in [2.05, 4.69) is 35.3 Å². The van der Waals surface area contributed by atoms with E-state index in [1.165, 1.54) is 10.6 Å². The van der Waals surface area contributed by atoms with Gasteiger partial charge in [0.25, 0.3) is 0 Å². The molecule has 35 heavy (non-hydrogen) atoms. The van der Waals surface area contributed by atoms with Crippen molar-refractivity contribution in [2.75, 3.05) is 45.6 Å². The number of halogens is 1. The maximum absolute atomic E-state index is 12.3. The van der Waals surface area contributed by atoms with Gasteiger partial charge < -0.3 is 4.74 Å². The third kappa shape index (κ3) is 6.66. The largest absolute Gasteiger partial charge is 0.379 e. The van der Waals surface area contributed by atoms with Gasteiger partial charge >= 0.3 is 0 Å². The molecule has 2 aromatic rings. The number of nitrogens with zero attached hydrogens (tertiary/aromatic N) is 4. The highest BCUT2D eigenvalue weighted by molar-refractivity contribution is 7.88. The fourth-order valence-corrected chi connectivity index (χ4v) is 5.50. The van der Waals surface area contributed by atoms with E-state index in [0.717, 1.165) is 80.3 Å². The van der Waals surface area contributed by atoms with Crippen molar-refractivity contribution in [1.82, 2.24) is 19.0 Å². The van der Waals surface area contributed by atoms with Crippen LogP contribution >= 0.6 is 11.6 Å². The van der Waals surface area contributed by atoms with Gasteiger partial charge in [-0.05, 0) is 24.5 Å². The number of hydrogen-bond donors (Lipinski definition) is 0. The number of sulfonamides is 1. The van der Waals surface area contributed by atoms with Crippen LogP contribution in [-0.4, -0.2) is 73.1 Å². The predicted octanol–water partition coefficient (Wildman–Crippen LogP) is 3.64. The average molecular weight is 519 g/mol. The number of aromatic nitrogens is 2. The molecule has 0 atom stereocenters. The lowest BCUT2D eigenvalue weighted by Gasteiger charge is -2.27. The van der Waals surface area contributed by atoms with Gasteiger partial charge in [-0.2, -0.15) is 9.40 Å². The zero-order valence-corrected chi connectivity index (χ0v) is 22.5. The van der Waals surface area contributed by atoms with Crippen molar-refractivity contribution in [1.29, 1.82) is 0 Å². The highest BCUT2D eigenvalue weighted by Crippen LogP contribution is 2.33. The minimum atomic E-state index is -3.29. The smallest absolute Gasteiger partial charge is 0.211 e. The van der Waals surface area contributed by atoms with E-state index in [1.807, 2.05) is 18.2 Å². The molecule has 7 nitrogen and oxygen atoms in total. The van der Waals surface area contributed by atoms with Crippen molar-refractivity contribution in [3.05, 3.63) is 40.0 Å². The number of benzene rings is 1. The molecule has 0 unspecified atom stereocenters. The molecule has 2 aliphatic rings. The van der Waals surface area contributed by atoms with Gasteiger partial charge in [0.1, 0.15) is 0 Å². The van der Waals surface area contributed by atoms with Crippen molar-refractivity contribution >= 4 is 21.6 Å². The lowest BCUT2D eigenvalue weighted by atomic mass is 10.0. The second-order valence-electron chi connectivity index (χ2n) is 9.75. The molecule has 4 rings (SSSR count). The Morgan fingerprint density at radius 2 is 1.94 bits per heavy atom. The summed E-state index contributed by atoms with van der Waals surface area (Å²) in [5, 5.41) is 5.61. The van der Waals surface area contributed by atoms with Gasteiger partial charge in [-0.3, -0.25) is 9.58 Å². The van der Waals surface area contributed by atoms with Gasteiger partial charge in [-0.15, -0.1) is 0 Å². The SMILES string of the molecule is CC(C)CC#Cc1cc(-c2nn(CCCN3CCOCC3)c3c2CN(S(C)(=O)=O)CC3)ccc1Cl. The molecule has 1 fully saturated rings. The van der Waals surface area contributed by atoms with Crippen LogP contribution in [0, 0.1) is 17.8 Å². The summed E-state index contributed by atoms with van der Waals surface area (Å²) >= 11 is 6.44. The molecule has 190 valence electrons. The summed E-state index contributed by atoms with van der Waals surface area (Å²) in [4.78, 5) is 2.42. The lowest BCUT2D eigenvalue weighted by molar-refractivity contribution is 0.0368. The summed E-state index contributed by atoms with van der Waals surface area (Å²) in [5.74, 6) is 6.91. The van der Waals surface area contributed by atoms with Gasteiger partial charge in [-0.25, -0.2) is 8.42 Å². The van der Waals surface area contributed by atoms with Gasteiger partial charge in [0.15, 0.2) is 0 Å². The summed E-state index contributed by atoms with van der Waals surface area (Å²) in [7, 11) is -3.29. The molecule has 0 bridgehead atoms. The molecule has 0 radical (unpaired) electrons. The van der Waals surface area contributed by atoms with Crippen LogP contribution in [0.4, 0.5) is 0 Å². The number of hydrogen-bond acceptors (Lipinski definition) is 5. The van der Waals surface area contributed by atoms with Crippen LogP contribution in [0.5, 0.6) is 0 Å². The van der Waals surface area contributed by atoms with Crippen LogP contribution < -0.4 is 0 Å². The van der Waals surface area contributed by atoms with Crippen LogP contribution in [0.2, 0.25) is 5.02 Å². The highest BCUT2D eigenvalue weighted by Gasteiger charge is 2.29. The van der Waals surface area contributed by atoms with Crippen LogP contribution in [-0.2, 0) is 34.3 Å². The number of rotatable bonds is 7. The quantitative estimate of drug-likeness (QED) is 0.523. The van der Waals surface area contributed by atoms with Crippen LogP contribution in [0.3, 0.4) is 0 Å². The number of ether oxygens (including phenoxy) is 1. The van der Waals surface area contributed by atoms with E-state index in [4.69, 9.17) is 21.4 Å². The summed E-state index contributed by atoms with van der Waals surface area (Å²) in [5.41, 5.74) is 4.63. The van der Waals surface area contributed by atoms with Crippen LogP contribution in [0.15, 0.2) is 18.2 Å².